The molecule has 4 aliphatic heterocycles. The molecule has 38 heavy (non-hydrogen) atoms. The molecule has 218 valence electrons. The Kier molecular flexibility index (Phi) is 9.40. The lowest BCUT2D eigenvalue weighted by Gasteiger charge is -2.39. The zero-order valence-electron chi connectivity index (χ0n) is 23.8. The van der Waals surface area contributed by atoms with Gasteiger partial charge in [-0.25, -0.2) is 23.1 Å². The minimum Gasteiger partial charge on any atom is -0.444 e. The Morgan fingerprint density at radius 1 is 0.737 bits per heavy atom. The zero-order chi connectivity index (χ0) is 28.6. The highest BCUT2D eigenvalue weighted by atomic mass is 32.2. The highest BCUT2D eigenvalue weighted by Gasteiger charge is 2.48. The van der Waals surface area contributed by atoms with Gasteiger partial charge >= 0.3 is 12.2 Å². The van der Waals surface area contributed by atoms with Crippen molar-refractivity contribution in [1.82, 2.24) is 9.80 Å². The lowest BCUT2D eigenvalue weighted by atomic mass is 10.0. The first kappa shape index (κ1) is 31.0. The second-order valence-corrected chi connectivity index (χ2v) is 16.3. The lowest BCUT2D eigenvalue weighted by Crippen LogP contribution is -2.52. The van der Waals surface area contributed by atoms with Gasteiger partial charge in [0.15, 0.2) is 5.12 Å². The van der Waals surface area contributed by atoms with Crippen molar-refractivity contribution in [3.63, 3.8) is 0 Å². The average Bonchev–Trinajstić information content (AvgIpc) is 3.14. The number of carbonyl (C=O) groups excluding carboxylic acids is 3. The maximum atomic E-state index is 12.2. The summed E-state index contributed by atoms with van der Waals surface area (Å²) in [4.78, 5) is 39.2. The minimum absolute atomic E-state index is 0.0584. The van der Waals surface area contributed by atoms with Crippen LogP contribution in [0.15, 0.2) is 0 Å². The van der Waals surface area contributed by atoms with Crippen molar-refractivity contribution in [3.8, 4) is 0 Å². The second kappa shape index (κ2) is 11.5. The van der Waals surface area contributed by atoms with Crippen LogP contribution in [0.25, 0.3) is 0 Å². The molecule has 4 heterocycles. The maximum Gasteiger partial charge on any atom is 0.410 e. The third-order valence-corrected chi connectivity index (χ3v) is 9.75. The molecule has 0 aromatic rings. The van der Waals surface area contributed by atoms with Crippen LogP contribution in [0.5, 0.6) is 0 Å². The molecule has 4 fully saturated rings. The molecule has 2 unspecified atom stereocenters. The molecule has 6 atom stereocenters. The van der Waals surface area contributed by atoms with Gasteiger partial charge in [0.05, 0.1) is 5.25 Å². The fourth-order valence-corrected chi connectivity index (χ4v) is 8.17. The third-order valence-electron chi connectivity index (χ3n) is 7.39. The largest absolute Gasteiger partial charge is 0.444 e. The predicted molar refractivity (Wildman–Crippen MR) is 147 cm³/mol. The Labute approximate surface area is 231 Å². The van der Waals surface area contributed by atoms with Crippen LogP contribution in [0.2, 0.25) is 0 Å². The quantitative estimate of drug-likeness (QED) is 0.512. The number of hydrogen-bond donors (Lipinski definition) is 1. The number of ether oxygens (including phenoxy) is 2. The van der Waals surface area contributed by atoms with Crippen LogP contribution < -0.4 is 5.14 Å². The van der Waals surface area contributed by atoms with E-state index in [1.165, 1.54) is 11.8 Å². The Hall–Kier alpha value is -1.53. The summed E-state index contributed by atoms with van der Waals surface area (Å²) >= 11 is 1.43. The molecular weight excluding hydrogens is 530 g/mol. The van der Waals surface area contributed by atoms with Gasteiger partial charge in [-0.3, -0.25) is 4.79 Å². The number of sulfonamides is 1. The number of carbonyl (C=O) groups is 3. The van der Waals surface area contributed by atoms with E-state index in [2.05, 4.69) is 0 Å². The van der Waals surface area contributed by atoms with Gasteiger partial charge in [-0.05, 0) is 92.9 Å². The number of hydrogen-bond acceptors (Lipinski definition) is 8. The van der Waals surface area contributed by atoms with Crippen molar-refractivity contribution in [3.05, 3.63) is 0 Å². The Bertz CT molecular complexity index is 977. The molecule has 4 bridgehead atoms. The standard InChI is InChI=1S/C14H23NO3S.C12H22N2O4S/c1-9(16)19-12-7-10-5-6-11(8-12)15(10)13(17)18-14(2,3)4;1-12(2,3)18-11(15)14-8-4-5-9(14)7-10(6-8)19(13,16)17/h10-12H,5-8H2,1-4H3;8-10H,4-7H2,1-3H3,(H2,13,16,17)/t10-,11+,12?;8-,9+,10?. The molecule has 0 radical (unpaired) electrons. The Balaban J connectivity index is 0.000000211. The SMILES string of the molecule is CC(=O)SC1C[C@H]2CC[C@@H](C1)N2C(=O)OC(C)(C)C.CC(C)(C)OC(=O)N1[C@@H]2CC[C@H]1CC(S(N)(=O)=O)C2. The fourth-order valence-electron chi connectivity index (χ4n) is 6.08. The predicted octanol–water partition coefficient (Wildman–Crippen LogP) is 4.40. The fraction of sp³-hybridized carbons (Fsp3) is 0.885. The first-order valence-electron chi connectivity index (χ1n) is 13.6. The molecule has 12 heteroatoms. The van der Waals surface area contributed by atoms with Crippen LogP contribution in [0.1, 0.15) is 99.8 Å². The maximum absolute atomic E-state index is 12.2. The van der Waals surface area contributed by atoms with E-state index in [1.54, 1.807) is 11.8 Å². The van der Waals surface area contributed by atoms with E-state index in [1.807, 2.05) is 46.4 Å². The number of nitrogens with two attached hydrogens (primary N) is 1. The minimum atomic E-state index is -3.51. The van der Waals surface area contributed by atoms with E-state index in [0.717, 1.165) is 38.5 Å². The number of rotatable bonds is 2. The van der Waals surface area contributed by atoms with Crippen molar-refractivity contribution >= 4 is 39.1 Å². The molecule has 4 rings (SSSR count). The Morgan fingerprint density at radius 3 is 1.37 bits per heavy atom. The summed E-state index contributed by atoms with van der Waals surface area (Å²) in [7, 11) is -3.51. The van der Waals surface area contributed by atoms with Crippen molar-refractivity contribution in [1.29, 1.82) is 0 Å². The van der Waals surface area contributed by atoms with Crippen LogP contribution in [-0.4, -0.2) is 81.4 Å². The van der Waals surface area contributed by atoms with Crippen molar-refractivity contribution in [2.45, 2.75) is 146 Å². The second-order valence-electron chi connectivity index (χ2n) is 12.9. The molecule has 0 saturated carbocycles. The molecule has 0 aromatic heterocycles. The highest BCUT2D eigenvalue weighted by molar-refractivity contribution is 8.14. The summed E-state index contributed by atoms with van der Waals surface area (Å²) in [6.07, 6.45) is 5.89. The zero-order valence-corrected chi connectivity index (χ0v) is 25.4. The van der Waals surface area contributed by atoms with Crippen LogP contribution in [0.4, 0.5) is 9.59 Å². The molecule has 4 saturated heterocycles. The number of fused-ring (bicyclic) bond motifs is 4. The van der Waals surface area contributed by atoms with Crippen LogP contribution in [0.3, 0.4) is 0 Å². The summed E-state index contributed by atoms with van der Waals surface area (Å²) in [5.74, 6) is 0. The van der Waals surface area contributed by atoms with E-state index in [-0.39, 0.29) is 41.5 Å². The summed E-state index contributed by atoms with van der Waals surface area (Å²) in [5.41, 5.74) is -0.977. The van der Waals surface area contributed by atoms with Crippen LogP contribution in [-0.2, 0) is 24.3 Å². The molecule has 0 aromatic carbocycles. The lowest BCUT2D eigenvalue weighted by molar-refractivity contribution is -0.109. The summed E-state index contributed by atoms with van der Waals surface area (Å²) in [6.45, 7) is 12.8. The first-order chi connectivity index (χ1) is 17.3. The third kappa shape index (κ3) is 8.24. The van der Waals surface area contributed by atoms with Crippen LogP contribution in [0, 0.1) is 0 Å². The molecule has 10 nitrogen and oxygen atoms in total. The van der Waals surface area contributed by atoms with Gasteiger partial charge < -0.3 is 19.3 Å². The monoisotopic (exact) mass is 575 g/mol. The molecule has 2 amide bonds. The summed E-state index contributed by atoms with van der Waals surface area (Å²) < 4.78 is 33.8. The number of piperidine rings is 2. The van der Waals surface area contributed by atoms with Crippen molar-refractivity contribution in [2.24, 2.45) is 5.14 Å². The van der Waals surface area contributed by atoms with Crippen molar-refractivity contribution in [2.75, 3.05) is 0 Å². The van der Waals surface area contributed by atoms with Gasteiger partial charge in [-0.1, -0.05) is 11.8 Å². The molecular formula is C26H45N3O7S2. The van der Waals surface area contributed by atoms with E-state index < -0.39 is 26.5 Å². The van der Waals surface area contributed by atoms with Gasteiger partial charge in [0.2, 0.25) is 10.0 Å². The highest BCUT2D eigenvalue weighted by Crippen LogP contribution is 2.41. The average molecular weight is 576 g/mol. The van der Waals surface area contributed by atoms with E-state index >= 15 is 0 Å². The Morgan fingerprint density at radius 2 is 1.08 bits per heavy atom. The summed E-state index contributed by atoms with van der Waals surface area (Å²) in [5, 5.41) is 5.24. The van der Waals surface area contributed by atoms with Gasteiger partial charge in [0, 0.05) is 36.3 Å². The molecule has 2 N–H and O–H groups in total. The summed E-state index contributed by atoms with van der Waals surface area (Å²) in [6, 6.07) is 0.393. The van der Waals surface area contributed by atoms with Gasteiger partial charge in [0.1, 0.15) is 11.2 Å². The number of primary sulfonamides is 1. The smallest absolute Gasteiger partial charge is 0.410 e. The van der Waals surface area contributed by atoms with Gasteiger partial charge in [0.25, 0.3) is 0 Å². The number of nitrogens with zero attached hydrogens (tertiary/aromatic N) is 2. The molecule has 0 spiro atoms. The normalized spacial score (nSPS) is 30.8. The number of thioether (sulfide) groups is 1. The first-order valence-corrected chi connectivity index (χ1v) is 16.0. The van der Waals surface area contributed by atoms with Crippen LogP contribution >= 0.6 is 11.8 Å². The van der Waals surface area contributed by atoms with Crippen molar-refractivity contribution < 1.29 is 32.3 Å². The van der Waals surface area contributed by atoms with E-state index in [0.29, 0.717) is 18.1 Å². The van der Waals surface area contributed by atoms with Gasteiger partial charge in [-0.2, -0.15) is 0 Å². The molecule has 4 aliphatic rings. The molecule has 0 aliphatic carbocycles. The number of amides is 2. The van der Waals surface area contributed by atoms with E-state index in [9.17, 15) is 22.8 Å². The van der Waals surface area contributed by atoms with Gasteiger partial charge in [-0.15, -0.1) is 0 Å². The van der Waals surface area contributed by atoms with E-state index in [4.69, 9.17) is 14.6 Å². The topological polar surface area (TPSA) is 136 Å².